The molecule has 0 atom stereocenters. The molecule has 0 aliphatic rings. The summed E-state index contributed by atoms with van der Waals surface area (Å²) in [4.78, 5) is 23.2. The van der Waals surface area contributed by atoms with Crippen molar-refractivity contribution in [3.63, 3.8) is 0 Å². The lowest BCUT2D eigenvalue weighted by atomic mass is 10.3. The van der Waals surface area contributed by atoms with E-state index >= 15 is 0 Å². The molecule has 0 aliphatic heterocycles. The summed E-state index contributed by atoms with van der Waals surface area (Å²) in [5, 5.41) is 0. The Morgan fingerprint density at radius 3 is 2.71 bits per heavy atom. The molecule has 0 bridgehead atoms. The van der Waals surface area contributed by atoms with Crippen LogP contribution in [0.5, 0.6) is 0 Å². The number of hydrogen-bond acceptors (Lipinski definition) is 6. The van der Waals surface area contributed by atoms with E-state index in [-0.39, 0.29) is 18.1 Å². The van der Waals surface area contributed by atoms with Gasteiger partial charge in [0, 0.05) is 18.6 Å². The highest BCUT2D eigenvalue weighted by Gasteiger charge is 2.13. The van der Waals surface area contributed by atoms with Gasteiger partial charge in [-0.2, -0.15) is 0 Å². The van der Waals surface area contributed by atoms with E-state index < -0.39 is 5.97 Å². The monoisotopic (exact) mass is 230 g/mol. The zero-order valence-corrected chi connectivity index (χ0v) is 8.91. The third-order valence-electron chi connectivity index (χ3n) is 2.00. The Kier molecular flexibility index (Phi) is 3.25. The maximum atomic E-state index is 11.6. The highest BCUT2D eigenvalue weighted by Crippen LogP contribution is 2.06. The molecular formula is C11H10N4O2. The first-order valence-corrected chi connectivity index (χ1v) is 4.91. The maximum Gasteiger partial charge on any atom is 0.361 e. The van der Waals surface area contributed by atoms with Gasteiger partial charge in [-0.1, -0.05) is 6.07 Å². The van der Waals surface area contributed by atoms with Crippen molar-refractivity contribution < 1.29 is 9.53 Å². The molecule has 0 amide bonds. The second-order valence-corrected chi connectivity index (χ2v) is 3.19. The van der Waals surface area contributed by atoms with E-state index in [1.165, 1.54) is 12.4 Å². The average molecular weight is 230 g/mol. The number of nitrogen functional groups attached to an aromatic ring is 1. The van der Waals surface area contributed by atoms with Gasteiger partial charge in [0.1, 0.15) is 6.61 Å². The number of esters is 1. The Morgan fingerprint density at radius 2 is 2.00 bits per heavy atom. The third-order valence-corrected chi connectivity index (χ3v) is 2.00. The minimum atomic E-state index is -0.610. The molecule has 0 fully saturated rings. The van der Waals surface area contributed by atoms with Crippen LogP contribution in [0.3, 0.4) is 0 Å². The lowest BCUT2D eigenvalue weighted by molar-refractivity contribution is 0.0461. The van der Waals surface area contributed by atoms with Crippen LogP contribution in [0.15, 0.2) is 36.8 Å². The van der Waals surface area contributed by atoms with Gasteiger partial charge >= 0.3 is 5.97 Å². The van der Waals surface area contributed by atoms with Crippen LogP contribution >= 0.6 is 0 Å². The van der Waals surface area contributed by atoms with E-state index in [0.717, 1.165) is 0 Å². The van der Waals surface area contributed by atoms with Crippen molar-refractivity contribution in [3.8, 4) is 0 Å². The molecule has 17 heavy (non-hydrogen) atoms. The van der Waals surface area contributed by atoms with Gasteiger partial charge < -0.3 is 10.5 Å². The zero-order chi connectivity index (χ0) is 12.1. The normalized spacial score (nSPS) is 9.88. The first-order chi connectivity index (χ1) is 8.27. The lowest BCUT2D eigenvalue weighted by Gasteiger charge is -2.04. The average Bonchev–Trinajstić information content (AvgIpc) is 2.38. The smallest absolute Gasteiger partial charge is 0.361 e. The SMILES string of the molecule is Nc1nccnc1C(=O)OCc1ccccn1. The summed E-state index contributed by atoms with van der Waals surface area (Å²) in [6.07, 6.45) is 4.42. The maximum absolute atomic E-state index is 11.6. The van der Waals surface area contributed by atoms with Crippen LogP contribution in [0.4, 0.5) is 5.82 Å². The molecule has 6 heteroatoms. The van der Waals surface area contributed by atoms with Crippen molar-refractivity contribution in [1.29, 1.82) is 0 Å². The Balaban J connectivity index is 2.01. The highest BCUT2D eigenvalue weighted by atomic mass is 16.5. The van der Waals surface area contributed by atoms with Crippen molar-refractivity contribution >= 4 is 11.8 Å². The molecule has 2 rings (SSSR count). The first kappa shape index (κ1) is 11.0. The van der Waals surface area contributed by atoms with Gasteiger partial charge in [-0.25, -0.2) is 14.8 Å². The minimum Gasteiger partial charge on any atom is -0.454 e. The number of ether oxygens (including phenoxy) is 1. The van der Waals surface area contributed by atoms with E-state index in [9.17, 15) is 4.79 Å². The van der Waals surface area contributed by atoms with Crippen molar-refractivity contribution in [2.24, 2.45) is 0 Å². The fourth-order valence-electron chi connectivity index (χ4n) is 1.20. The summed E-state index contributed by atoms with van der Waals surface area (Å²) < 4.78 is 5.01. The first-order valence-electron chi connectivity index (χ1n) is 4.91. The molecule has 0 saturated carbocycles. The van der Waals surface area contributed by atoms with E-state index in [2.05, 4.69) is 15.0 Å². The fraction of sp³-hybridized carbons (Fsp3) is 0.0909. The van der Waals surface area contributed by atoms with Crippen molar-refractivity contribution in [2.75, 3.05) is 5.73 Å². The summed E-state index contributed by atoms with van der Waals surface area (Å²) in [5.41, 5.74) is 6.17. The molecule has 2 heterocycles. The van der Waals surface area contributed by atoms with E-state index in [4.69, 9.17) is 10.5 Å². The number of rotatable bonds is 3. The third kappa shape index (κ3) is 2.75. The molecule has 0 unspecified atom stereocenters. The Morgan fingerprint density at radius 1 is 1.18 bits per heavy atom. The molecule has 0 radical (unpaired) electrons. The second kappa shape index (κ2) is 5.02. The minimum absolute atomic E-state index is 0.0171. The topological polar surface area (TPSA) is 91.0 Å². The predicted octanol–water partition coefficient (Wildman–Crippen LogP) is 0.811. The number of nitrogens with two attached hydrogens (primary N) is 1. The lowest BCUT2D eigenvalue weighted by Crippen LogP contribution is -2.11. The Labute approximate surface area is 97.5 Å². The van der Waals surface area contributed by atoms with Gasteiger partial charge in [-0.05, 0) is 12.1 Å². The van der Waals surface area contributed by atoms with Gasteiger partial charge in [0.15, 0.2) is 11.5 Å². The van der Waals surface area contributed by atoms with Gasteiger partial charge in [0.25, 0.3) is 0 Å². The van der Waals surface area contributed by atoms with Crippen LogP contribution in [0.1, 0.15) is 16.2 Å². The summed E-state index contributed by atoms with van der Waals surface area (Å²) in [7, 11) is 0. The fourth-order valence-corrected chi connectivity index (χ4v) is 1.20. The number of pyridine rings is 1. The summed E-state index contributed by atoms with van der Waals surface area (Å²) in [6.45, 7) is 0.0791. The molecule has 86 valence electrons. The number of nitrogens with zero attached hydrogens (tertiary/aromatic N) is 3. The van der Waals surface area contributed by atoms with Crippen LogP contribution in [-0.2, 0) is 11.3 Å². The molecule has 2 N–H and O–H groups in total. The number of anilines is 1. The number of hydrogen-bond donors (Lipinski definition) is 1. The molecule has 2 aromatic rings. The summed E-state index contributed by atoms with van der Waals surface area (Å²) in [5.74, 6) is -0.556. The Bertz CT molecular complexity index is 516. The molecule has 0 spiro atoms. The summed E-state index contributed by atoms with van der Waals surface area (Å²) in [6, 6.07) is 5.35. The van der Waals surface area contributed by atoms with E-state index in [0.29, 0.717) is 5.69 Å². The molecule has 0 aromatic carbocycles. The number of carbonyl (C=O) groups is 1. The van der Waals surface area contributed by atoms with Gasteiger partial charge in [-0.15, -0.1) is 0 Å². The van der Waals surface area contributed by atoms with Crippen molar-refractivity contribution in [1.82, 2.24) is 15.0 Å². The summed E-state index contributed by atoms with van der Waals surface area (Å²) >= 11 is 0. The van der Waals surface area contributed by atoms with Gasteiger partial charge in [0.2, 0.25) is 0 Å². The largest absolute Gasteiger partial charge is 0.454 e. The van der Waals surface area contributed by atoms with E-state index in [1.54, 1.807) is 18.3 Å². The highest BCUT2D eigenvalue weighted by molar-refractivity contribution is 5.91. The molecule has 2 aromatic heterocycles. The van der Waals surface area contributed by atoms with Gasteiger partial charge in [0.05, 0.1) is 5.69 Å². The Hall–Kier alpha value is -2.50. The van der Waals surface area contributed by atoms with Crippen molar-refractivity contribution in [2.45, 2.75) is 6.61 Å². The molecule has 0 aliphatic carbocycles. The predicted molar refractivity (Wildman–Crippen MR) is 59.8 cm³/mol. The van der Waals surface area contributed by atoms with Crippen LogP contribution in [0.2, 0.25) is 0 Å². The zero-order valence-electron chi connectivity index (χ0n) is 8.91. The second-order valence-electron chi connectivity index (χ2n) is 3.19. The molecule has 6 nitrogen and oxygen atoms in total. The van der Waals surface area contributed by atoms with Crippen LogP contribution in [0.25, 0.3) is 0 Å². The standard InChI is InChI=1S/C11H10N4O2/c12-10-9(14-5-6-15-10)11(16)17-7-8-3-1-2-4-13-8/h1-6H,7H2,(H2,12,15). The van der Waals surface area contributed by atoms with E-state index in [1.807, 2.05) is 6.07 Å². The quantitative estimate of drug-likeness (QED) is 0.784. The van der Waals surface area contributed by atoms with Crippen LogP contribution in [0, 0.1) is 0 Å². The van der Waals surface area contributed by atoms with Crippen molar-refractivity contribution in [3.05, 3.63) is 48.2 Å². The van der Waals surface area contributed by atoms with Crippen LogP contribution < -0.4 is 5.73 Å². The molecular weight excluding hydrogens is 220 g/mol. The molecule has 0 saturated heterocycles. The van der Waals surface area contributed by atoms with Gasteiger partial charge in [-0.3, -0.25) is 4.98 Å². The number of carbonyl (C=O) groups excluding carboxylic acids is 1. The van der Waals surface area contributed by atoms with Crippen LogP contribution in [-0.4, -0.2) is 20.9 Å². The number of aromatic nitrogens is 3.